The van der Waals surface area contributed by atoms with Gasteiger partial charge in [-0.1, -0.05) is 12.1 Å². The van der Waals surface area contributed by atoms with Gasteiger partial charge in [-0.3, -0.25) is 0 Å². The summed E-state index contributed by atoms with van der Waals surface area (Å²) in [5.74, 6) is 1.78. The summed E-state index contributed by atoms with van der Waals surface area (Å²) in [4.78, 5) is 19.4. The van der Waals surface area contributed by atoms with E-state index in [1.807, 2.05) is 24.3 Å². The van der Waals surface area contributed by atoms with Crippen molar-refractivity contribution in [3.05, 3.63) is 47.5 Å². The smallest absolute Gasteiger partial charge is 0.338 e. The van der Waals surface area contributed by atoms with Crippen molar-refractivity contribution < 1.29 is 19.0 Å². The molecule has 1 aliphatic heterocycles. The number of rotatable bonds is 5. The molecule has 0 spiro atoms. The van der Waals surface area contributed by atoms with Crippen LogP contribution in [0.5, 0.6) is 11.5 Å². The number of ether oxygens (including phenoxy) is 3. The first-order valence-corrected chi connectivity index (χ1v) is 8.02. The molecule has 1 aromatic heterocycles. The molecule has 1 aliphatic rings. The molecule has 0 saturated heterocycles. The van der Waals surface area contributed by atoms with Gasteiger partial charge in [-0.25, -0.2) is 9.78 Å². The average molecular weight is 339 g/mol. The third-order valence-electron chi connectivity index (χ3n) is 3.90. The topological polar surface area (TPSA) is 85.5 Å². The summed E-state index contributed by atoms with van der Waals surface area (Å²) in [6.45, 7) is 2.98. The van der Waals surface area contributed by atoms with Crippen molar-refractivity contribution in [1.82, 2.24) is 9.97 Å². The van der Waals surface area contributed by atoms with E-state index >= 15 is 0 Å². The van der Waals surface area contributed by atoms with Crippen molar-refractivity contribution in [3.8, 4) is 11.5 Å². The maximum Gasteiger partial charge on any atom is 0.338 e. The summed E-state index contributed by atoms with van der Waals surface area (Å²) in [7, 11) is 0. The predicted molar refractivity (Wildman–Crippen MR) is 91.9 cm³/mol. The molecule has 2 heterocycles. The van der Waals surface area contributed by atoms with Gasteiger partial charge >= 0.3 is 5.97 Å². The number of esters is 1. The number of hydrogen-bond donors (Lipinski definition) is 2. The van der Waals surface area contributed by atoms with Crippen LogP contribution in [0, 0.1) is 0 Å². The molecule has 0 bridgehead atoms. The summed E-state index contributed by atoms with van der Waals surface area (Å²) >= 11 is 0. The van der Waals surface area contributed by atoms with Crippen LogP contribution in [0.15, 0.2) is 36.4 Å². The first-order valence-electron chi connectivity index (χ1n) is 8.02. The van der Waals surface area contributed by atoms with Crippen molar-refractivity contribution >= 4 is 23.0 Å². The molecule has 4 rings (SSSR count). The van der Waals surface area contributed by atoms with E-state index in [9.17, 15) is 4.79 Å². The normalized spacial score (nSPS) is 12.4. The molecular weight excluding hydrogens is 322 g/mol. The van der Waals surface area contributed by atoms with E-state index in [2.05, 4.69) is 15.3 Å². The fraction of sp³-hybridized carbons (Fsp3) is 0.222. The van der Waals surface area contributed by atoms with E-state index in [-0.39, 0.29) is 12.8 Å². The van der Waals surface area contributed by atoms with E-state index in [1.54, 1.807) is 19.1 Å². The highest BCUT2D eigenvalue weighted by atomic mass is 16.7. The van der Waals surface area contributed by atoms with Crippen molar-refractivity contribution in [2.75, 3.05) is 18.7 Å². The Morgan fingerprint density at radius 2 is 2.00 bits per heavy atom. The maximum atomic E-state index is 11.6. The molecule has 2 N–H and O–H groups in total. The van der Waals surface area contributed by atoms with Crippen molar-refractivity contribution in [3.63, 3.8) is 0 Å². The van der Waals surface area contributed by atoms with E-state index in [4.69, 9.17) is 14.2 Å². The van der Waals surface area contributed by atoms with Crippen LogP contribution in [0.4, 0.5) is 5.95 Å². The summed E-state index contributed by atoms with van der Waals surface area (Å²) in [6.07, 6.45) is 0. The van der Waals surface area contributed by atoms with Crippen molar-refractivity contribution in [2.24, 2.45) is 0 Å². The Hall–Kier alpha value is -3.22. The Bertz CT molecular complexity index is 877. The minimum absolute atomic E-state index is 0.245. The van der Waals surface area contributed by atoms with E-state index in [1.165, 1.54) is 0 Å². The maximum absolute atomic E-state index is 11.6. The lowest BCUT2D eigenvalue weighted by atomic mass is 10.1. The highest BCUT2D eigenvalue weighted by molar-refractivity contribution is 5.89. The number of nitrogens with one attached hydrogen (secondary N) is 2. The molecule has 25 heavy (non-hydrogen) atoms. The number of imidazole rings is 1. The lowest BCUT2D eigenvalue weighted by Crippen LogP contribution is -2.05. The molecule has 2 aromatic carbocycles. The zero-order valence-electron chi connectivity index (χ0n) is 13.7. The van der Waals surface area contributed by atoms with Gasteiger partial charge in [0, 0.05) is 18.7 Å². The standard InChI is InChI=1S/C18H17N3O4/c1-2-23-17(22)12-5-3-11(4-6-12)9-19-18-20-13-7-15-16(25-10-24-15)8-14(13)21-18/h3-8H,2,9-10H2,1H3,(H2,19,20,21). The van der Waals surface area contributed by atoms with Gasteiger partial charge < -0.3 is 24.5 Å². The van der Waals surface area contributed by atoms with E-state index in [0.717, 1.165) is 22.3 Å². The molecule has 7 nitrogen and oxygen atoms in total. The summed E-state index contributed by atoms with van der Waals surface area (Å²) < 4.78 is 15.7. The summed E-state index contributed by atoms with van der Waals surface area (Å²) in [5, 5.41) is 3.23. The third kappa shape index (κ3) is 3.08. The number of carbonyl (C=O) groups is 1. The zero-order chi connectivity index (χ0) is 17.2. The number of fused-ring (bicyclic) bond motifs is 2. The highest BCUT2D eigenvalue weighted by Gasteiger charge is 2.16. The number of carbonyl (C=O) groups excluding carboxylic acids is 1. The molecule has 0 saturated carbocycles. The van der Waals surface area contributed by atoms with Crippen LogP contribution in [-0.4, -0.2) is 29.3 Å². The molecule has 0 radical (unpaired) electrons. The summed E-state index contributed by atoms with van der Waals surface area (Å²) in [5.41, 5.74) is 3.26. The Labute approximate surface area is 143 Å². The van der Waals surface area contributed by atoms with Gasteiger partial charge in [0.05, 0.1) is 23.2 Å². The lowest BCUT2D eigenvalue weighted by molar-refractivity contribution is 0.0526. The quantitative estimate of drug-likeness (QED) is 0.695. The molecule has 0 aliphatic carbocycles. The summed E-state index contributed by atoms with van der Waals surface area (Å²) in [6, 6.07) is 11.0. The lowest BCUT2D eigenvalue weighted by Gasteiger charge is -2.05. The van der Waals surface area contributed by atoms with Gasteiger partial charge in [0.1, 0.15) is 0 Å². The molecule has 3 aromatic rings. The first kappa shape index (κ1) is 15.3. The highest BCUT2D eigenvalue weighted by Crippen LogP contribution is 2.35. The average Bonchev–Trinajstić information content (AvgIpc) is 3.23. The van der Waals surface area contributed by atoms with E-state index < -0.39 is 0 Å². The number of anilines is 1. The number of nitrogens with zero attached hydrogens (tertiary/aromatic N) is 1. The Morgan fingerprint density at radius 3 is 2.76 bits per heavy atom. The zero-order valence-corrected chi connectivity index (χ0v) is 13.7. The molecule has 0 fully saturated rings. The van der Waals surface area contributed by atoms with Gasteiger partial charge in [-0.15, -0.1) is 0 Å². The number of hydrogen-bond acceptors (Lipinski definition) is 6. The van der Waals surface area contributed by atoms with Crippen molar-refractivity contribution in [2.45, 2.75) is 13.5 Å². The Kier molecular flexibility index (Phi) is 3.89. The van der Waals surface area contributed by atoms with Crippen LogP contribution in [0.3, 0.4) is 0 Å². The number of benzene rings is 2. The fourth-order valence-electron chi connectivity index (χ4n) is 2.64. The molecule has 128 valence electrons. The van der Waals surface area contributed by atoms with Crippen LogP contribution in [0.2, 0.25) is 0 Å². The van der Waals surface area contributed by atoms with Gasteiger partial charge in [-0.05, 0) is 24.6 Å². The largest absolute Gasteiger partial charge is 0.462 e. The second-order valence-electron chi connectivity index (χ2n) is 5.58. The van der Waals surface area contributed by atoms with Crippen LogP contribution in [0.25, 0.3) is 11.0 Å². The molecule has 0 atom stereocenters. The van der Waals surface area contributed by atoms with Crippen LogP contribution >= 0.6 is 0 Å². The van der Waals surface area contributed by atoms with Crippen LogP contribution in [-0.2, 0) is 11.3 Å². The molecule has 0 unspecified atom stereocenters. The van der Waals surface area contributed by atoms with Gasteiger partial charge in [0.15, 0.2) is 11.5 Å². The van der Waals surface area contributed by atoms with Gasteiger partial charge in [0.2, 0.25) is 12.7 Å². The monoisotopic (exact) mass is 339 g/mol. The molecule has 7 heteroatoms. The van der Waals surface area contributed by atoms with Crippen LogP contribution < -0.4 is 14.8 Å². The van der Waals surface area contributed by atoms with Gasteiger partial charge in [-0.2, -0.15) is 0 Å². The van der Waals surface area contributed by atoms with Crippen molar-refractivity contribution in [1.29, 1.82) is 0 Å². The number of H-pyrrole nitrogens is 1. The third-order valence-corrected chi connectivity index (χ3v) is 3.90. The number of aromatic amines is 1. The second kappa shape index (κ2) is 6.35. The van der Waals surface area contributed by atoms with Gasteiger partial charge in [0.25, 0.3) is 0 Å². The number of aromatic nitrogens is 2. The molecular formula is C18H17N3O4. The van der Waals surface area contributed by atoms with Crippen LogP contribution in [0.1, 0.15) is 22.8 Å². The molecule has 0 amide bonds. The van der Waals surface area contributed by atoms with E-state index in [0.29, 0.717) is 30.4 Å². The Morgan fingerprint density at radius 1 is 1.24 bits per heavy atom. The minimum atomic E-state index is -0.309. The predicted octanol–water partition coefficient (Wildman–Crippen LogP) is 3.08. The first-order chi connectivity index (χ1) is 12.2. The second-order valence-corrected chi connectivity index (χ2v) is 5.58. The SMILES string of the molecule is CCOC(=O)c1ccc(CNc2nc3cc4c(cc3[nH]2)OCO4)cc1. The fourth-order valence-corrected chi connectivity index (χ4v) is 2.64. The minimum Gasteiger partial charge on any atom is -0.462 e. The Balaban J connectivity index is 1.44.